The zero-order chi connectivity index (χ0) is 15.1. The molecule has 4 rings (SSSR count). The quantitative estimate of drug-likeness (QED) is 0.538. The van der Waals surface area contributed by atoms with Crippen molar-refractivity contribution in [2.75, 3.05) is 5.32 Å². The van der Waals surface area contributed by atoms with Gasteiger partial charge in [-0.05, 0) is 53.5 Å². The molecule has 0 spiro atoms. The van der Waals surface area contributed by atoms with Gasteiger partial charge in [0.05, 0.1) is 11.8 Å². The third-order valence-corrected chi connectivity index (χ3v) is 4.20. The highest BCUT2D eigenvalue weighted by Crippen LogP contribution is 2.41. The van der Waals surface area contributed by atoms with Gasteiger partial charge in [-0.1, -0.05) is 0 Å². The number of nitrogens with one attached hydrogen (secondary N) is 1. The Morgan fingerprint density at radius 1 is 1.36 bits per heavy atom. The highest BCUT2D eigenvalue weighted by atomic mass is 127. The summed E-state index contributed by atoms with van der Waals surface area (Å²) in [6, 6.07) is 5.27. The van der Waals surface area contributed by atoms with Gasteiger partial charge in [-0.2, -0.15) is 9.61 Å². The van der Waals surface area contributed by atoms with Gasteiger partial charge in [-0.15, -0.1) is 0 Å². The number of nitrogens with zero attached hydrogens (tertiary/aromatic N) is 4. The van der Waals surface area contributed by atoms with E-state index in [1.165, 1.54) is 19.0 Å². The molecule has 6 nitrogen and oxygen atoms in total. The molecule has 1 saturated carbocycles. The number of aromatic nitrogens is 4. The zero-order valence-electron chi connectivity index (χ0n) is 11.5. The molecule has 3 aromatic heterocycles. The Morgan fingerprint density at radius 2 is 2.23 bits per heavy atom. The number of hydrogen-bond donors (Lipinski definition) is 1. The Hall–Kier alpha value is -2.03. The highest BCUT2D eigenvalue weighted by molar-refractivity contribution is 14.1. The van der Waals surface area contributed by atoms with Crippen LogP contribution in [0.1, 0.15) is 34.7 Å². The van der Waals surface area contributed by atoms with Crippen molar-refractivity contribution < 1.29 is 4.79 Å². The predicted octanol–water partition coefficient (Wildman–Crippen LogP) is 2.86. The van der Waals surface area contributed by atoms with Crippen LogP contribution in [0.2, 0.25) is 0 Å². The molecule has 7 heteroatoms. The second-order valence-corrected chi connectivity index (χ2v) is 6.37. The summed E-state index contributed by atoms with van der Waals surface area (Å²) in [5, 5.41) is 7.28. The number of halogens is 1. The minimum absolute atomic E-state index is 0.208. The van der Waals surface area contributed by atoms with E-state index < -0.39 is 0 Å². The third-order valence-electron chi connectivity index (χ3n) is 3.65. The first-order valence-electron chi connectivity index (χ1n) is 6.98. The van der Waals surface area contributed by atoms with Crippen LogP contribution in [0.15, 0.2) is 36.8 Å². The molecule has 0 aliphatic heterocycles. The van der Waals surface area contributed by atoms with Crippen LogP contribution in [0.5, 0.6) is 0 Å². The molecule has 0 radical (unpaired) electrons. The number of carbonyl (C=O) groups excluding carboxylic acids is 1. The SMILES string of the molecule is O=C(Nc1cc(I)nc2c(C3CC3)cnn12)c1cccnc1. The van der Waals surface area contributed by atoms with Gasteiger partial charge in [0.2, 0.25) is 0 Å². The van der Waals surface area contributed by atoms with Crippen molar-refractivity contribution in [2.24, 2.45) is 0 Å². The molecule has 22 heavy (non-hydrogen) atoms. The monoisotopic (exact) mass is 405 g/mol. The fourth-order valence-electron chi connectivity index (χ4n) is 2.41. The maximum atomic E-state index is 12.3. The Labute approximate surface area is 140 Å². The van der Waals surface area contributed by atoms with Crippen LogP contribution in [-0.2, 0) is 0 Å². The number of pyridine rings is 1. The maximum absolute atomic E-state index is 12.3. The fourth-order valence-corrected chi connectivity index (χ4v) is 2.93. The Balaban J connectivity index is 1.73. The second-order valence-electron chi connectivity index (χ2n) is 5.27. The second kappa shape index (κ2) is 5.31. The molecule has 1 N–H and O–H groups in total. The molecule has 0 atom stereocenters. The predicted molar refractivity (Wildman–Crippen MR) is 89.9 cm³/mol. The lowest BCUT2D eigenvalue weighted by atomic mass is 10.2. The lowest BCUT2D eigenvalue weighted by Gasteiger charge is -2.08. The third kappa shape index (κ3) is 2.45. The van der Waals surface area contributed by atoms with Crippen molar-refractivity contribution in [1.29, 1.82) is 0 Å². The van der Waals surface area contributed by atoms with Gasteiger partial charge in [0.15, 0.2) is 5.65 Å². The van der Waals surface area contributed by atoms with Crippen LogP contribution < -0.4 is 5.32 Å². The molecule has 0 saturated heterocycles. The van der Waals surface area contributed by atoms with E-state index in [1.807, 2.05) is 12.3 Å². The van der Waals surface area contributed by atoms with Crippen LogP contribution in [-0.4, -0.2) is 25.5 Å². The molecule has 1 amide bonds. The van der Waals surface area contributed by atoms with Gasteiger partial charge in [-0.3, -0.25) is 9.78 Å². The van der Waals surface area contributed by atoms with Crippen molar-refractivity contribution in [3.63, 3.8) is 0 Å². The number of rotatable bonds is 3. The maximum Gasteiger partial charge on any atom is 0.258 e. The summed E-state index contributed by atoms with van der Waals surface area (Å²) in [6.07, 6.45) is 7.41. The molecule has 3 aromatic rings. The van der Waals surface area contributed by atoms with E-state index >= 15 is 0 Å². The average molecular weight is 405 g/mol. The molecule has 1 fully saturated rings. The topological polar surface area (TPSA) is 72.2 Å². The standard InChI is InChI=1S/C15H12IN5O/c16-12-6-13(20-15(22)10-2-1-5-17-7-10)21-14(19-12)11(8-18-21)9-3-4-9/h1-2,5-9H,3-4H2,(H,20,22). The summed E-state index contributed by atoms with van der Waals surface area (Å²) < 4.78 is 2.53. The Morgan fingerprint density at radius 3 is 2.95 bits per heavy atom. The first-order chi connectivity index (χ1) is 10.7. The van der Waals surface area contributed by atoms with Crippen molar-refractivity contribution in [3.8, 4) is 0 Å². The summed E-state index contributed by atoms with van der Waals surface area (Å²) >= 11 is 2.16. The van der Waals surface area contributed by atoms with Crippen LogP contribution >= 0.6 is 22.6 Å². The minimum atomic E-state index is -0.208. The zero-order valence-corrected chi connectivity index (χ0v) is 13.7. The average Bonchev–Trinajstić information content (AvgIpc) is 3.28. The van der Waals surface area contributed by atoms with E-state index in [1.54, 1.807) is 22.8 Å². The van der Waals surface area contributed by atoms with Crippen LogP contribution in [0.4, 0.5) is 5.82 Å². The normalized spacial score (nSPS) is 14.2. The molecular formula is C15H12IN5O. The fraction of sp³-hybridized carbons (Fsp3) is 0.200. The molecular weight excluding hydrogens is 393 g/mol. The molecule has 0 aromatic carbocycles. The van der Waals surface area contributed by atoms with Gasteiger partial charge in [0.25, 0.3) is 5.91 Å². The molecule has 3 heterocycles. The van der Waals surface area contributed by atoms with Gasteiger partial charge < -0.3 is 5.32 Å². The van der Waals surface area contributed by atoms with E-state index in [0.29, 0.717) is 17.3 Å². The molecule has 1 aliphatic rings. The number of amides is 1. The highest BCUT2D eigenvalue weighted by Gasteiger charge is 2.28. The van der Waals surface area contributed by atoms with Gasteiger partial charge >= 0.3 is 0 Å². The number of anilines is 1. The van der Waals surface area contributed by atoms with E-state index in [0.717, 1.165) is 14.9 Å². The minimum Gasteiger partial charge on any atom is -0.306 e. The van der Waals surface area contributed by atoms with E-state index in [4.69, 9.17) is 0 Å². The largest absolute Gasteiger partial charge is 0.306 e. The number of fused-ring (bicyclic) bond motifs is 1. The van der Waals surface area contributed by atoms with Crippen molar-refractivity contribution in [3.05, 3.63) is 51.6 Å². The smallest absolute Gasteiger partial charge is 0.258 e. The number of hydrogen-bond acceptors (Lipinski definition) is 4. The van der Waals surface area contributed by atoms with E-state index in [-0.39, 0.29) is 5.91 Å². The van der Waals surface area contributed by atoms with Gasteiger partial charge in [0, 0.05) is 24.0 Å². The van der Waals surface area contributed by atoms with Gasteiger partial charge in [-0.25, -0.2) is 4.98 Å². The van der Waals surface area contributed by atoms with Crippen LogP contribution in [0.3, 0.4) is 0 Å². The Bertz CT molecular complexity index is 857. The molecule has 0 bridgehead atoms. The Kier molecular flexibility index (Phi) is 3.29. The van der Waals surface area contributed by atoms with Crippen LogP contribution in [0.25, 0.3) is 5.65 Å². The van der Waals surface area contributed by atoms with E-state index in [9.17, 15) is 4.79 Å². The van der Waals surface area contributed by atoms with Gasteiger partial charge in [0.1, 0.15) is 9.52 Å². The van der Waals surface area contributed by atoms with Crippen molar-refractivity contribution >= 4 is 40.0 Å². The van der Waals surface area contributed by atoms with E-state index in [2.05, 4.69) is 43.0 Å². The molecule has 1 aliphatic carbocycles. The lowest BCUT2D eigenvalue weighted by Crippen LogP contribution is -2.15. The summed E-state index contributed by atoms with van der Waals surface area (Å²) in [4.78, 5) is 20.8. The summed E-state index contributed by atoms with van der Waals surface area (Å²) in [6.45, 7) is 0. The number of carbonyl (C=O) groups is 1. The lowest BCUT2D eigenvalue weighted by molar-refractivity contribution is 0.102. The van der Waals surface area contributed by atoms with Crippen molar-refractivity contribution in [2.45, 2.75) is 18.8 Å². The van der Waals surface area contributed by atoms with Crippen molar-refractivity contribution in [1.82, 2.24) is 19.6 Å². The van der Waals surface area contributed by atoms with Crippen LogP contribution in [0, 0.1) is 3.70 Å². The molecule has 110 valence electrons. The summed E-state index contributed by atoms with van der Waals surface area (Å²) in [5.41, 5.74) is 2.50. The first kappa shape index (κ1) is 13.6. The molecule has 0 unspecified atom stereocenters. The first-order valence-corrected chi connectivity index (χ1v) is 8.06. The summed E-state index contributed by atoms with van der Waals surface area (Å²) in [5.74, 6) is 0.972. The summed E-state index contributed by atoms with van der Waals surface area (Å²) in [7, 11) is 0.